The van der Waals surface area contributed by atoms with Crippen molar-refractivity contribution in [1.82, 2.24) is 0 Å². The van der Waals surface area contributed by atoms with Crippen LogP contribution in [0.15, 0.2) is 83.5 Å². The Morgan fingerprint density at radius 3 is 2.33 bits per heavy atom. The highest BCUT2D eigenvalue weighted by Gasteiger charge is 2.46. The fourth-order valence-electron chi connectivity index (χ4n) is 3.46. The first kappa shape index (κ1) is 24.5. The molecule has 1 amide bonds. The summed E-state index contributed by atoms with van der Waals surface area (Å²) in [4.78, 5) is 23.9. The summed E-state index contributed by atoms with van der Waals surface area (Å²) in [6, 6.07) is 18.4. The van der Waals surface area contributed by atoms with Crippen molar-refractivity contribution in [1.29, 1.82) is 0 Å². The monoisotopic (exact) mass is 495 g/mol. The molecule has 0 saturated carbocycles. The van der Waals surface area contributed by atoms with Gasteiger partial charge in [-0.15, -0.1) is 0 Å². The van der Waals surface area contributed by atoms with Gasteiger partial charge in [-0.3, -0.25) is 4.79 Å². The Balaban J connectivity index is 1.63. The number of hydrogen-bond acceptors (Lipinski definition) is 6. The van der Waals surface area contributed by atoms with Gasteiger partial charge in [0.2, 0.25) is 0 Å². The van der Waals surface area contributed by atoms with Crippen molar-refractivity contribution < 1.29 is 37.3 Å². The quantitative estimate of drug-likeness (QED) is 0.463. The molecule has 3 aromatic rings. The Morgan fingerprint density at radius 1 is 1.03 bits per heavy atom. The van der Waals surface area contributed by atoms with Gasteiger partial charge in [0.15, 0.2) is 17.2 Å². The highest BCUT2D eigenvalue weighted by Crippen LogP contribution is 2.34. The molecule has 0 N–H and O–H groups in total. The number of amides is 1. The van der Waals surface area contributed by atoms with E-state index in [0.29, 0.717) is 10.8 Å². The van der Waals surface area contributed by atoms with Crippen LogP contribution in [0.1, 0.15) is 21.5 Å². The van der Waals surface area contributed by atoms with Gasteiger partial charge in [-0.1, -0.05) is 48.5 Å². The normalized spacial score (nSPS) is 14.7. The molecule has 0 fully saturated rings. The van der Waals surface area contributed by atoms with E-state index < -0.39 is 29.3 Å². The lowest BCUT2D eigenvalue weighted by Gasteiger charge is -2.13. The smallest absolute Gasteiger partial charge is 0.435 e. The third kappa shape index (κ3) is 5.22. The van der Waals surface area contributed by atoms with Crippen molar-refractivity contribution in [3.05, 3.63) is 95.1 Å². The van der Waals surface area contributed by atoms with Crippen molar-refractivity contribution >= 4 is 29.4 Å². The predicted molar refractivity (Wildman–Crippen MR) is 123 cm³/mol. The summed E-state index contributed by atoms with van der Waals surface area (Å²) < 4.78 is 52.3. The maximum Gasteiger partial charge on any atom is 0.435 e. The summed E-state index contributed by atoms with van der Waals surface area (Å²) in [6.45, 7) is 0.257. The molecule has 7 nitrogen and oxygen atoms in total. The number of carboxylic acids is 1. The fraction of sp³-hybridized carbons (Fsp3) is 0.115. The van der Waals surface area contributed by atoms with Crippen LogP contribution in [0, 0.1) is 0 Å². The molecule has 0 atom stereocenters. The zero-order valence-electron chi connectivity index (χ0n) is 18.8. The van der Waals surface area contributed by atoms with Crippen LogP contribution in [0.25, 0.3) is 6.08 Å². The fourth-order valence-corrected chi connectivity index (χ4v) is 3.46. The number of carbonyl (C=O) groups is 2. The van der Waals surface area contributed by atoms with Crippen molar-refractivity contribution in [2.75, 3.05) is 12.1 Å². The second-order valence-electron chi connectivity index (χ2n) is 7.64. The van der Waals surface area contributed by atoms with E-state index in [1.165, 1.54) is 37.4 Å². The van der Waals surface area contributed by atoms with Gasteiger partial charge in [0.25, 0.3) is 5.91 Å². The molecule has 1 aliphatic rings. The number of hydrazone groups is 1. The third-order valence-electron chi connectivity index (χ3n) is 5.23. The molecule has 36 heavy (non-hydrogen) atoms. The first-order valence-electron chi connectivity index (χ1n) is 10.6. The number of hydrogen-bond donors (Lipinski definition) is 0. The van der Waals surface area contributed by atoms with Crippen LogP contribution in [0.2, 0.25) is 0 Å². The number of aromatic carboxylic acids is 1. The van der Waals surface area contributed by atoms with Gasteiger partial charge in [0.05, 0.1) is 24.3 Å². The van der Waals surface area contributed by atoms with E-state index in [1.54, 1.807) is 0 Å². The van der Waals surface area contributed by atoms with Gasteiger partial charge in [0.1, 0.15) is 6.61 Å². The van der Waals surface area contributed by atoms with Gasteiger partial charge in [-0.05, 0) is 47.0 Å². The van der Waals surface area contributed by atoms with Crippen LogP contribution in [0.3, 0.4) is 0 Å². The largest absolute Gasteiger partial charge is 0.545 e. The van der Waals surface area contributed by atoms with Gasteiger partial charge >= 0.3 is 6.18 Å². The summed E-state index contributed by atoms with van der Waals surface area (Å²) in [6.07, 6.45) is -3.85. The number of anilines is 1. The maximum absolute atomic E-state index is 13.7. The Hall–Kier alpha value is -4.60. The van der Waals surface area contributed by atoms with Crippen LogP contribution in [0.4, 0.5) is 18.9 Å². The number of methoxy groups -OCH3 is 1. The zero-order valence-corrected chi connectivity index (χ0v) is 18.8. The molecule has 0 radical (unpaired) electrons. The highest BCUT2D eigenvalue weighted by atomic mass is 19.4. The lowest BCUT2D eigenvalue weighted by molar-refractivity contribution is -0.255. The summed E-state index contributed by atoms with van der Waals surface area (Å²) in [5, 5.41) is 15.0. The molecule has 4 rings (SSSR count). The molecule has 184 valence electrons. The standard InChI is InChI=1S/C26H19F3N2O5/c1-35-22-14-17(7-12-21(22)36-15-16-5-3-2-4-6-16)13-20-23(26(27,28)29)30-31(24(20)32)19-10-8-18(9-11-19)25(33)34/h2-14H,15H2,1H3,(H,33,34)/p-1. The molecule has 0 spiro atoms. The second kappa shape index (κ2) is 9.95. The van der Waals surface area contributed by atoms with Crippen molar-refractivity contribution in [2.45, 2.75) is 12.8 Å². The topological polar surface area (TPSA) is 91.3 Å². The highest BCUT2D eigenvalue weighted by molar-refractivity contribution is 6.34. The average molecular weight is 495 g/mol. The number of nitrogens with zero attached hydrogens (tertiary/aromatic N) is 2. The van der Waals surface area contributed by atoms with E-state index in [4.69, 9.17) is 9.47 Å². The Bertz CT molecular complexity index is 1350. The number of benzene rings is 3. The summed E-state index contributed by atoms with van der Waals surface area (Å²) in [7, 11) is 1.39. The average Bonchev–Trinajstić information content (AvgIpc) is 3.20. The Kier molecular flexibility index (Phi) is 6.77. The van der Waals surface area contributed by atoms with Gasteiger partial charge in [-0.2, -0.15) is 23.3 Å². The van der Waals surface area contributed by atoms with Gasteiger partial charge in [0, 0.05) is 0 Å². The van der Waals surface area contributed by atoms with E-state index in [2.05, 4.69) is 5.10 Å². The third-order valence-corrected chi connectivity index (χ3v) is 5.23. The van der Waals surface area contributed by atoms with Crippen molar-refractivity contribution in [3.63, 3.8) is 0 Å². The van der Waals surface area contributed by atoms with E-state index in [-0.39, 0.29) is 29.2 Å². The first-order valence-corrected chi connectivity index (χ1v) is 10.6. The Morgan fingerprint density at radius 2 is 1.72 bits per heavy atom. The van der Waals surface area contributed by atoms with Crippen LogP contribution in [-0.4, -0.2) is 30.9 Å². The molecular formula is C26H18F3N2O5-. The van der Waals surface area contributed by atoms with Crippen molar-refractivity contribution in [3.8, 4) is 11.5 Å². The Labute approximate surface area is 203 Å². The first-order chi connectivity index (χ1) is 17.2. The minimum atomic E-state index is -4.91. The minimum absolute atomic E-state index is 0.0302. The molecule has 0 bridgehead atoms. The molecule has 1 heterocycles. The molecule has 3 aromatic carbocycles. The van der Waals surface area contributed by atoms with Crippen LogP contribution < -0.4 is 19.6 Å². The molecule has 0 saturated heterocycles. The molecule has 0 aromatic heterocycles. The van der Waals surface area contributed by atoms with E-state index in [9.17, 15) is 27.9 Å². The molecule has 0 unspecified atom stereocenters. The van der Waals surface area contributed by atoms with Crippen LogP contribution in [0.5, 0.6) is 11.5 Å². The van der Waals surface area contributed by atoms with Gasteiger partial charge < -0.3 is 19.4 Å². The summed E-state index contributed by atoms with van der Waals surface area (Å²) in [5.74, 6) is -1.84. The lowest BCUT2D eigenvalue weighted by Crippen LogP contribution is -2.25. The zero-order chi connectivity index (χ0) is 25.9. The number of ether oxygens (including phenoxy) is 2. The van der Waals surface area contributed by atoms with Gasteiger partial charge in [-0.25, -0.2) is 0 Å². The predicted octanol–water partition coefficient (Wildman–Crippen LogP) is 3.99. The number of rotatable bonds is 7. The minimum Gasteiger partial charge on any atom is -0.545 e. The molecule has 10 heteroatoms. The molecular weight excluding hydrogens is 477 g/mol. The second-order valence-corrected chi connectivity index (χ2v) is 7.64. The molecule has 1 aliphatic heterocycles. The summed E-state index contributed by atoms with van der Waals surface area (Å²) in [5.41, 5.74) is -1.10. The van der Waals surface area contributed by atoms with Crippen LogP contribution in [-0.2, 0) is 11.4 Å². The van der Waals surface area contributed by atoms with Crippen molar-refractivity contribution in [2.24, 2.45) is 5.10 Å². The number of alkyl halides is 3. The summed E-state index contributed by atoms with van der Waals surface area (Å²) >= 11 is 0. The van der Waals surface area contributed by atoms with E-state index in [1.807, 2.05) is 30.3 Å². The maximum atomic E-state index is 13.7. The SMILES string of the molecule is COc1cc(C=C2C(=O)N(c3ccc(C(=O)[O-])cc3)N=C2C(F)(F)F)ccc1OCc1ccccc1. The van der Waals surface area contributed by atoms with E-state index >= 15 is 0 Å². The van der Waals surface area contributed by atoms with E-state index in [0.717, 1.165) is 23.8 Å². The number of carboxylic acid groups (broad SMARTS) is 1. The van der Waals surface area contributed by atoms with Crippen LogP contribution >= 0.6 is 0 Å². The number of carbonyl (C=O) groups excluding carboxylic acids is 2. The lowest BCUT2D eigenvalue weighted by atomic mass is 10.1. The number of halogens is 3. The molecule has 0 aliphatic carbocycles.